The first-order valence-electron chi connectivity index (χ1n) is 26.4. The molecule has 21 atom stereocenters. The van der Waals surface area contributed by atoms with E-state index in [2.05, 4.69) is 26.2 Å². The summed E-state index contributed by atoms with van der Waals surface area (Å²) in [5.41, 5.74) is 0. The van der Waals surface area contributed by atoms with E-state index in [1.165, 1.54) is 6.55 Å². The van der Waals surface area contributed by atoms with Crippen molar-refractivity contribution in [1.82, 2.24) is 0 Å². The third-order valence-corrected chi connectivity index (χ3v) is 80.5. The molecule has 0 aromatic carbocycles. The van der Waals surface area contributed by atoms with Crippen LogP contribution in [0.3, 0.4) is 0 Å². The molecule has 0 N–H and O–H groups in total. The Hall–Kier alpha value is 4.22. The fourth-order valence-electron chi connectivity index (χ4n) is 7.34. The van der Waals surface area contributed by atoms with Crippen molar-refractivity contribution in [2.24, 2.45) is 0 Å². The summed E-state index contributed by atoms with van der Waals surface area (Å²) >= 11 is 0. The molecule has 0 aliphatic carbocycles. The number of hydrogen-bond donors (Lipinski definition) is 0. The zero-order chi connectivity index (χ0) is 58.9. The summed E-state index contributed by atoms with van der Waals surface area (Å²) in [4.78, 5) is 0. The molecule has 457 valence electrons. The van der Waals surface area contributed by atoms with Crippen LogP contribution < -0.4 is 0 Å². The van der Waals surface area contributed by atoms with Gasteiger partial charge in [-0.3, -0.25) is 0 Å². The van der Waals surface area contributed by atoms with Crippen LogP contribution in [0.2, 0.25) is 183 Å². The molecule has 0 saturated heterocycles. The van der Waals surface area contributed by atoms with Gasteiger partial charge in [0.2, 0.25) is 0 Å². The maximum Gasteiger partial charge on any atom is 0.517 e. The smallest absolute Gasteiger partial charge is 0.439 e. The highest BCUT2D eigenvalue weighted by Gasteiger charge is 2.41. The molecule has 0 spiro atoms. The largest absolute Gasteiger partial charge is 0.517 e. The Morgan fingerprint density at radius 3 is 0.566 bits per heavy atom. The third-order valence-electron chi connectivity index (χ3n) is 8.95. The van der Waals surface area contributed by atoms with Crippen LogP contribution in [0.15, 0.2) is 0 Å². The van der Waals surface area contributed by atoms with E-state index in [4.69, 9.17) is 94.6 Å². The van der Waals surface area contributed by atoms with Crippen molar-refractivity contribution in [3.8, 4) is 0 Å². The zero-order valence-electron chi connectivity index (χ0n) is 51.3. The normalized spacial score (nSPS) is 21.9. The molecule has 0 aliphatic rings. The Morgan fingerprint density at radius 2 is 0.408 bits per heavy atom. The van der Waals surface area contributed by atoms with Crippen molar-refractivity contribution >= 4 is 220 Å². The first kappa shape index (κ1) is 80.2. The van der Waals surface area contributed by atoms with Gasteiger partial charge in [0.05, 0.1) is 0 Å². The fraction of sp³-hybridized carbons (Fsp3) is 1.00. The minimum Gasteiger partial charge on any atom is -0.439 e. The molecule has 21 unspecified atom stereocenters. The van der Waals surface area contributed by atoms with Gasteiger partial charge >= 0.3 is 18.2 Å². The van der Waals surface area contributed by atoms with E-state index in [9.17, 15) is 4.11 Å². The molecule has 76 heavy (non-hydrogen) atoms. The summed E-state index contributed by atoms with van der Waals surface area (Å²) in [5.74, 6) is 0. The second-order valence-electron chi connectivity index (χ2n) is 19.9. The van der Waals surface area contributed by atoms with Gasteiger partial charge in [0.15, 0.2) is 16.6 Å². The van der Waals surface area contributed by atoms with Crippen molar-refractivity contribution in [2.45, 2.75) is 183 Å². The number of hydrogen-bond acceptors (Lipinski definition) is 23. The Balaban J connectivity index is 4.50. The molecule has 0 aromatic rings. The summed E-state index contributed by atoms with van der Waals surface area (Å²) in [6.07, 6.45) is 0. The summed E-state index contributed by atoms with van der Waals surface area (Å²) in [5, 5.41) is 0. The van der Waals surface area contributed by atoms with E-state index in [0.29, 0.717) is 0 Å². The predicted molar refractivity (Wildman–Crippen MR) is 356 cm³/mol. The van der Waals surface area contributed by atoms with Crippen LogP contribution in [0, 0.1) is 0 Å². The van der Waals surface area contributed by atoms with Crippen LogP contribution in [-0.2, 0) is 94.6 Å². The van der Waals surface area contributed by atoms with Gasteiger partial charge in [-0.2, -0.15) is 0 Å². The van der Waals surface area contributed by atoms with Gasteiger partial charge in [-0.25, -0.2) is 4.11 Å². The molecule has 0 bridgehead atoms. The summed E-state index contributed by atoms with van der Waals surface area (Å²) < 4.78 is 157. The Bertz CT molecular complexity index is 1500. The van der Waals surface area contributed by atoms with Gasteiger partial charge in [0, 0.05) is 6.55 Å². The lowest BCUT2D eigenvalue weighted by atomic mass is 11.8. The molecular weight excluding hydrogens is 1400 g/mol. The molecule has 23 nitrogen and oxygen atoms in total. The highest BCUT2D eigenvalue weighted by Crippen LogP contribution is 2.19. The first-order chi connectivity index (χ1) is 34.7. The summed E-state index contributed by atoms with van der Waals surface area (Å²) in [6, 6.07) is 0. The summed E-state index contributed by atoms with van der Waals surface area (Å²) in [6.45, 7) is 55.5. The van der Waals surface area contributed by atoms with Crippen LogP contribution in [0.1, 0.15) is 0 Å². The van der Waals surface area contributed by atoms with Gasteiger partial charge in [-0.1, -0.05) is 0 Å². The molecule has 1 radical (unpaired) electrons. The maximum absolute atomic E-state index is 14.9. The van der Waals surface area contributed by atoms with Gasteiger partial charge in [0.1, 0.15) is 0 Å². The van der Waals surface area contributed by atoms with Crippen molar-refractivity contribution in [3.63, 3.8) is 0 Å². The van der Waals surface area contributed by atoms with E-state index in [1.54, 1.807) is 6.55 Å². The number of rotatable bonds is 46. The Morgan fingerprint density at radius 1 is 0.250 bits per heavy atom. The minimum absolute atomic E-state index is 1.42. The highest BCUT2D eigenvalue weighted by atomic mass is 28.5. The molecule has 0 rings (SSSR count). The lowest BCUT2D eigenvalue weighted by Gasteiger charge is -2.29. The van der Waals surface area contributed by atoms with E-state index >= 15 is 0 Å². The minimum atomic E-state index is -3.76. The first-order valence-corrected chi connectivity index (χ1v) is 79.2. The zero-order valence-corrected chi connectivity index (χ0v) is 78.4. The van der Waals surface area contributed by atoms with Crippen molar-refractivity contribution in [3.05, 3.63) is 0 Å². The number of halogens is 1. The maximum atomic E-state index is 14.9. The van der Waals surface area contributed by atoms with Crippen LogP contribution >= 0.6 is 0 Å². The fourth-order valence-corrected chi connectivity index (χ4v) is 78.3. The van der Waals surface area contributed by atoms with E-state index < -0.39 is 220 Å². The average Bonchev–Trinajstić information content (AvgIpc) is 3.13. The van der Waals surface area contributed by atoms with E-state index in [0.717, 1.165) is 0 Å². The van der Waals surface area contributed by atoms with Crippen molar-refractivity contribution in [1.29, 1.82) is 0 Å². The molecule has 0 fully saturated rings. The van der Waals surface area contributed by atoms with Crippen molar-refractivity contribution in [2.75, 3.05) is 0 Å². The molecule has 0 aliphatic heterocycles. The Labute approximate surface area is 498 Å². The predicted octanol–water partition coefficient (Wildman–Crippen LogP) is 0.700. The third kappa shape index (κ3) is 46.4. The second kappa shape index (κ2) is 41.4. The van der Waals surface area contributed by atoms with E-state index in [1.807, 2.05) is 144 Å². The highest BCUT2D eigenvalue weighted by molar-refractivity contribution is 6.82. The monoisotopic (exact) mass is 1500 g/mol. The lowest BCUT2D eigenvalue weighted by Crippen LogP contribution is -2.48. The second-order valence-corrected chi connectivity index (χ2v) is 77.9. The molecule has 0 amide bonds. The van der Waals surface area contributed by atoms with Crippen LogP contribution in [0.4, 0.5) is 4.11 Å². The van der Waals surface area contributed by atoms with Gasteiger partial charge in [-0.05, 0) is 177 Å². The quantitative estimate of drug-likeness (QED) is 0.0607. The standard InChI is InChI=1S/C28H104FO23Si24/c1-53(30-54(2)32-56(4)34-58(6)36-60(8)38-62(10)40-64(12)42-66(14)44-68(16)46-70(18)48-72(20)50-74(22,23)24)31-55(3)33-57(5)35-59(7)37-61(9)39-63(11)41-65(13)43-67(15)45-69(17)47-71(19)49-73(21)51-76(28,29)52-75(25,26)27/h53-72H,1-28H3. The summed E-state index contributed by atoms with van der Waals surface area (Å²) in [7, 11) is -49.0. The van der Waals surface area contributed by atoms with Gasteiger partial charge < -0.3 is 94.6 Å². The average molecular weight is 1500 g/mol. The lowest BCUT2D eigenvalue weighted by molar-refractivity contribution is 0.278. The molecule has 0 heterocycles. The van der Waals surface area contributed by atoms with Gasteiger partial charge in [0.25, 0.3) is 186 Å². The molecule has 0 aromatic heterocycles. The molecular formula is C28H104FO23Si24. The Kier molecular flexibility index (Phi) is 43.7. The van der Waals surface area contributed by atoms with Crippen LogP contribution in [0.5, 0.6) is 0 Å². The van der Waals surface area contributed by atoms with Crippen LogP contribution in [-0.4, -0.2) is 220 Å². The SMILES string of the molecule is C[Si](O[SiH](C)O[SiH](C)O[SiH](C)O[SiH](C)O[SiH](C)O[SiH](C)O[SiH](C)O[SiH](C)O[SiH](C)O[SiH](C)O[SiH](C)O[SiH](C)O[SiH](C)O[SiH](C)O[SiH](C)O[SiH](C)O[SiH](C)O[SiH](C)O[SiH](C)O[SiH](C)O[Si](C)(C)C)O[Si](C)(F)O[Si](C)(C)C. The molecule has 0 saturated carbocycles. The van der Waals surface area contributed by atoms with Crippen molar-refractivity contribution < 1.29 is 98.8 Å². The van der Waals surface area contributed by atoms with Crippen LogP contribution in [0.25, 0.3) is 0 Å². The van der Waals surface area contributed by atoms with Gasteiger partial charge in [-0.15, -0.1) is 0 Å². The molecule has 48 heteroatoms. The topological polar surface area (TPSA) is 212 Å². The van der Waals surface area contributed by atoms with E-state index in [-0.39, 0.29) is 0 Å².